The third-order valence-electron chi connectivity index (χ3n) is 12.4. The Morgan fingerprint density at radius 1 is 0.306 bits per heavy atom. The van der Waals surface area contributed by atoms with Gasteiger partial charge in [-0.1, -0.05) is 200 Å². The highest BCUT2D eigenvalue weighted by Crippen LogP contribution is 2.56. The first-order valence-corrected chi connectivity index (χ1v) is 21.0. The molecule has 12 rings (SSSR count). The lowest BCUT2D eigenvalue weighted by Gasteiger charge is -2.34. The Morgan fingerprint density at radius 3 is 1.50 bits per heavy atom. The van der Waals surface area contributed by atoms with Crippen LogP contribution >= 0.6 is 0 Å². The molecule has 0 atom stereocenters. The minimum absolute atomic E-state index is 0.567. The van der Waals surface area contributed by atoms with E-state index in [4.69, 9.17) is 19.4 Å². The van der Waals surface area contributed by atoms with Crippen molar-refractivity contribution >= 4 is 21.9 Å². The van der Waals surface area contributed by atoms with E-state index in [1.54, 1.807) is 0 Å². The van der Waals surface area contributed by atoms with Gasteiger partial charge in [-0.2, -0.15) is 0 Å². The fourth-order valence-corrected chi connectivity index (χ4v) is 9.61. The monoisotopic (exact) mass is 791 g/mol. The zero-order valence-electron chi connectivity index (χ0n) is 33.6. The van der Waals surface area contributed by atoms with E-state index in [1.807, 2.05) is 24.3 Å². The van der Waals surface area contributed by atoms with Gasteiger partial charge in [0.25, 0.3) is 0 Å². The van der Waals surface area contributed by atoms with E-state index in [2.05, 4.69) is 200 Å². The van der Waals surface area contributed by atoms with Gasteiger partial charge in [-0.05, 0) is 79.9 Å². The van der Waals surface area contributed by atoms with Gasteiger partial charge in [-0.25, -0.2) is 15.0 Å². The van der Waals surface area contributed by atoms with Crippen LogP contribution in [0.3, 0.4) is 0 Å². The van der Waals surface area contributed by atoms with Crippen LogP contribution < -0.4 is 0 Å². The third-order valence-corrected chi connectivity index (χ3v) is 12.4. The van der Waals surface area contributed by atoms with E-state index in [-0.39, 0.29) is 0 Å². The number of benzene rings is 9. The predicted molar refractivity (Wildman–Crippen MR) is 252 cm³/mol. The van der Waals surface area contributed by atoms with Crippen LogP contribution in [0.2, 0.25) is 0 Å². The molecule has 11 aromatic rings. The van der Waals surface area contributed by atoms with Crippen molar-refractivity contribution in [2.45, 2.75) is 5.41 Å². The number of nitrogens with zero attached hydrogens (tertiary/aromatic N) is 3. The van der Waals surface area contributed by atoms with Gasteiger partial charge in [0.15, 0.2) is 17.5 Å². The number of hydrogen-bond donors (Lipinski definition) is 0. The lowest BCUT2D eigenvalue weighted by Crippen LogP contribution is -2.28. The number of fused-ring (bicyclic) bond motifs is 6. The first-order chi connectivity index (χ1) is 30.7. The fourth-order valence-electron chi connectivity index (χ4n) is 9.61. The van der Waals surface area contributed by atoms with Crippen LogP contribution in [0.15, 0.2) is 229 Å². The lowest BCUT2D eigenvalue weighted by molar-refractivity contribution is 0.669. The summed E-state index contributed by atoms with van der Waals surface area (Å²) in [4.78, 5) is 16.1. The molecule has 0 fully saturated rings. The topological polar surface area (TPSA) is 51.8 Å². The molecule has 0 spiro atoms. The summed E-state index contributed by atoms with van der Waals surface area (Å²) >= 11 is 0. The maximum atomic E-state index is 6.58. The standard InChI is InChI=1S/C58H37N3O/c1-5-17-38(18-6-1)40-29-31-41(32-30-40)55-59-56(61-57(60-55)49-35-43(39-19-7-2-8-20-39)37-53-54(49)48-26-14-16-28-52(48)62-53)42-33-34-47-46-25-13-15-27-50(46)58(51(47)36-42,44-21-9-3-10-22-44)45-23-11-4-12-24-45/h1-37H. The van der Waals surface area contributed by atoms with Crippen LogP contribution in [0, 0.1) is 0 Å². The van der Waals surface area contributed by atoms with Crippen molar-refractivity contribution in [3.05, 3.63) is 247 Å². The van der Waals surface area contributed by atoms with Gasteiger partial charge in [0.1, 0.15) is 11.2 Å². The largest absolute Gasteiger partial charge is 0.456 e. The van der Waals surface area contributed by atoms with Gasteiger partial charge in [0.2, 0.25) is 0 Å². The van der Waals surface area contributed by atoms with E-state index in [9.17, 15) is 0 Å². The summed E-state index contributed by atoms with van der Waals surface area (Å²) in [5, 5.41) is 1.98. The molecule has 1 aliphatic rings. The molecule has 0 N–H and O–H groups in total. The summed E-state index contributed by atoms with van der Waals surface area (Å²) in [5.74, 6) is 1.77. The normalized spacial score (nSPS) is 12.6. The third kappa shape index (κ3) is 5.72. The molecule has 0 saturated carbocycles. The molecule has 290 valence electrons. The average molecular weight is 792 g/mol. The number of furan rings is 1. The van der Waals surface area contributed by atoms with Crippen molar-refractivity contribution < 1.29 is 4.42 Å². The smallest absolute Gasteiger partial charge is 0.164 e. The van der Waals surface area contributed by atoms with Crippen molar-refractivity contribution in [2.75, 3.05) is 0 Å². The zero-order valence-corrected chi connectivity index (χ0v) is 33.6. The average Bonchev–Trinajstić information content (AvgIpc) is 3.88. The number of para-hydroxylation sites is 1. The van der Waals surface area contributed by atoms with E-state index in [1.165, 1.54) is 33.4 Å². The molecule has 1 aliphatic carbocycles. The molecular weight excluding hydrogens is 755 g/mol. The highest BCUT2D eigenvalue weighted by molar-refractivity contribution is 6.13. The zero-order chi connectivity index (χ0) is 41.0. The summed E-state index contributed by atoms with van der Waals surface area (Å²) in [7, 11) is 0. The quantitative estimate of drug-likeness (QED) is 0.161. The van der Waals surface area contributed by atoms with Crippen molar-refractivity contribution in [1.29, 1.82) is 0 Å². The minimum atomic E-state index is -0.567. The van der Waals surface area contributed by atoms with Gasteiger partial charge >= 0.3 is 0 Å². The van der Waals surface area contributed by atoms with E-state index in [0.29, 0.717) is 17.5 Å². The first-order valence-electron chi connectivity index (χ1n) is 21.0. The summed E-state index contributed by atoms with van der Waals surface area (Å²) in [6, 6.07) is 79.2. The Balaban J connectivity index is 1.12. The Kier molecular flexibility index (Phi) is 8.36. The molecule has 4 heteroatoms. The second-order valence-electron chi connectivity index (χ2n) is 15.9. The Labute approximate surface area is 359 Å². The van der Waals surface area contributed by atoms with Gasteiger partial charge in [0, 0.05) is 27.5 Å². The number of hydrogen-bond acceptors (Lipinski definition) is 4. The molecule has 9 aromatic carbocycles. The van der Waals surface area contributed by atoms with Crippen molar-refractivity contribution in [2.24, 2.45) is 0 Å². The lowest BCUT2D eigenvalue weighted by atomic mass is 9.67. The molecule has 62 heavy (non-hydrogen) atoms. The van der Waals surface area contributed by atoms with Crippen LogP contribution in [-0.4, -0.2) is 15.0 Å². The molecule has 2 heterocycles. The molecule has 0 saturated heterocycles. The molecule has 2 aromatic heterocycles. The van der Waals surface area contributed by atoms with E-state index < -0.39 is 5.41 Å². The Morgan fingerprint density at radius 2 is 0.806 bits per heavy atom. The summed E-state index contributed by atoms with van der Waals surface area (Å²) in [6.07, 6.45) is 0. The van der Waals surface area contributed by atoms with E-state index in [0.717, 1.165) is 60.9 Å². The Hall–Kier alpha value is -8.21. The molecule has 0 bridgehead atoms. The Bertz CT molecular complexity index is 3390. The minimum Gasteiger partial charge on any atom is -0.456 e. The van der Waals surface area contributed by atoms with Crippen LogP contribution in [-0.2, 0) is 5.41 Å². The second kappa shape index (κ2) is 14.5. The van der Waals surface area contributed by atoms with Crippen LogP contribution in [0.4, 0.5) is 0 Å². The van der Waals surface area contributed by atoms with Gasteiger partial charge in [-0.3, -0.25) is 0 Å². The van der Waals surface area contributed by atoms with Crippen LogP contribution in [0.1, 0.15) is 22.3 Å². The number of aromatic nitrogens is 3. The molecule has 0 amide bonds. The summed E-state index contributed by atoms with van der Waals surface area (Å²) in [6.45, 7) is 0. The SMILES string of the molecule is c1ccc(-c2ccc(-c3nc(-c4ccc5c(c4)C(c4ccccc4)(c4ccccc4)c4ccccc4-5)nc(-c4cc(-c5ccccc5)cc5oc6ccccc6c45)n3)cc2)cc1. The fraction of sp³-hybridized carbons (Fsp3) is 0.0172. The van der Waals surface area contributed by atoms with Crippen molar-refractivity contribution in [3.63, 3.8) is 0 Å². The summed E-state index contributed by atoms with van der Waals surface area (Å²) < 4.78 is 6.58. The maximum Gasteiger partial charge on any atom is 0.164 e. The predicted octanol–water partition coefficient (Wildman–Crippen LogP) is 14.5. The first kappa shape index (κ1) is 35.7. The molecule has 0 radical (unpaired) electrons. The van der Waals surface area contributed by atoms with Crippen molar-refractivity contribution in [3.8, 4) is 67.5 Å². The second-order valence-corrected chi connectivity index (χ2v) is 15.9. The van der Waals surface area contributed by atoms with Crippen LogP contribution in [0.5, 0.6) is 0 Å². The molecule has 0 unspecified atom stereocenters. The highest BCUT2D eigenvalue weighted by atomic mass is 16.3. The van der Waals surface area contributed by atoms with Gasteiger partial charge in [0.05, 0.1) is 5.41 Å². The summed E-state index contributed by atoms with van der Waals surface area (Å²) in [5.41, 5.74) is 15.4. The maximum absolute atomic E-state index is 6.58. The van der Waals surface area contributed by atoms with Gasteiger partial charge < -0.3 is 4.42 Å². The molecular formula is C58H37N3O. The molecule has 0 aliphatic heterocycles. The van der Waals surface area contributed by atoms with Crippen LogP contribution in [0.25, 0.3) is 89.5 Å². The van der Waals surface area contributed by atoms with Gasteiger partial charge in [-0.15, -0.1) is 0 Å². The highest BCUT2D eigenvalue weighted by Gasteiger charge is 2.46. The number of rotatable bonds is 7. The molecule has 4 nitrogen and oxygen atoms in total. The van der Waals surface area contributed by atoms with E-state index >= 15 is 0 Å². The van der Waals surface area contributed by atoms with Crippen molar-refractivity contribution in [1.82, 2.24) is 15.0 Å².